The third-order valence-corrected chi connectivity index (χ3v) is 4.26. The van der Waals surface area contributed by atoms with Gasteiger partial charge in [-0.15, -0.1) is 0 Å². The number of unbranched alkanes of at least 4 members (excludes halogenated alkanes) is 3. The fourth-order valence-corrected chi connectivity index (χ4v) is 2.75. The summed E-state index contributed by atoms with van der Waals surface area (Å²) in [4.78, 5) is 15.4. The van der Waals surface area contributed by atoms with Crippen LogP contribution < -0.4 is 10.6 Å². The van der Waals surface area contributed by atoms with Crippen molar-refractivity contribution in [2.24, 2.45) is 10.9 Å². The molecule has 1 aliphatic heterocycles. The molecule has 7 nitrogen and oxygen atoms in total. The van der Waals surface area contributed by atoms with Gasteiger partial charge in [-0.2, -0.15) is 0 Å². The summed E-state index contributed by atoms with van der Waals surface area (Å²) in [7, 11) is 1.78. The zero-order chi connectivity index (χ0) is 18.9. The SMILES string of the molecule is CCOC(=O)CCCCCCNC(=NC)NCCCOCC1CCOC1. The van der Waals surface area contributed by atoms with Gasteiger partial charge in [0.05, 0.1) is 19.8 Å². The Balaban J connectivity index is 1.88. The third-order valence-electron chi connectivity index (χ3n) is 4.26. The Labute approximate surface area is 158 Å². The first kappa shape index (κ1) is 22.7. The minimum absolute atomic E-state index is 0.0872. The van der Waals surface area contributed by atoms with Crippen LogP contribution in [-0.2, 0) is 19.0 Å². The van der Waals surface area contributed by atoms with Gasteiger partial charge in [0, 0.05) is 45.7 Å². The molecule has 1 rings (SSSR count). The van der Waals surface area contributed by atoms with Crippen molar-refractivity contribution in [2.75, 3.05) is 53.2 Å². The summed E-state index contributed by atoms with van der Waals surface area (Å²) in [5.41, 5.74) is 0. The molecule has 7 heteroatoms. The lowest BCUT2D eigenvalue weighted by Gasteiger charge is -2.12. The minimum atomic E-state index is -0.0872. The molecule has 1 atom stereocenters. The summed E-state index contributed by atoms with van der Waals surface area (Å²) < 4.78 is 15.9. The van der Waals surface area contributed by atoms with Gasteiger partial charge in [0.2, 0.25) is 0 Å². The number of nitrogens with one attached hydrogen (secondary N) is 2. The molecule has 0 bridgehead atoms. The highest BCUT2D eigenvalue weighted by molar-refractivity contribution is 5.79. The maximum absolute atomic E-state index is 11.2. The van der Waals surface area contributed by atoms with Gasteiger partial charge in [0.15, 0.2) is 5.96 Å². The third kappa shape index (κ3) is 12.1. The maximum Gasteiger partial charge on any atom is 0.305 e. The number of ether oxygens (including phenoxy) is 3. The number of rotatable bonds is 14. The quantitative estimate of drug-likeness (QED) is 0.211. The zero-order valence-electron chi connectivity index (χ0n) is 16.6. The molecule has 0 saturated carbocycles. The Kier molecular flexibility index (Phi) is 13.9. The molecule has 1 fully saturated rings. The van der Waals surface area contributed by atoms with Crippen LogP contribution in [-0.4, -0.2) is 65.1 Å². The molecule has 0 amide bonds. The molecule has 0 spiro atoms. The lowest BCUT2D eigenvalue weighted by atomic mass is 10.1. The smallest absolute Gasteiger partial charge is 0.305 e. The Morgan fingerprint density at radius 3 is 2.62 bits per heavy atom. The standard InChI is InChI=1S/C19H37N3O4/c1-3-26-18(23)9-6-4-5-7-11-21-19(20-2)22-12-8-13-24-15-17-10-14-25-16-17/h17H,3-16H2,1-2H3,(H2,20,21,22). The highest BCUT2D eigenvalue weighted by atomic mass is 16.5. The average Bonchev–Trinajstić information content (AvgIpc) is 3.15. The van der Waals surface area contributed by atoms with E-state index in [0.717, 1.165) is 84.0 Å². The molecule has 0 radical (unpaired) electrons. The number of nitrogens with zero attached hydrogens (tertiary/aromatic N) is 1. The number of guanidine groups is 1. The van der Waals surface area contributed by atoms with Crippen molar-refractivity contribution in [3.8, 4) is 0 Å². The van der Waals surface area contributed by atoms with Crippen molar-refractivity contribution in [1.82, 2.24) is 10.6 Å². The average molecular weight is 372 g/mol. The Morgan fingerprint density at radius 1 is 1.15 bits per heavy atom. The van der Waals surface area contributed by atoms with Crippen molar-refractivity contribution in [1.29, 1.82) is 0 Å². The molecular weight excluding hydrogens is 334 g/mol. The van der Waals surface area contributed by atoms with E-state index in [1.165, 1.54) is 0 Å². The van der Waals surface area contributed by atoms with Crippen molar-refractivity contribution in [2.45, 2.75) is 51.9 Å². The van der Waals surface area contributed by atoms with Gasteiger partial charge in [-0.05, 0) is 32.6 Å². The van der Waals surface area contributed by atoms with Crippen LogP contribution in [0.25, 0.3) is 0 Å². The van der Waals surface area contributed by atoms with Gasteiger partial charge in [-0.1, -0.05) is 12.8 Å². The topological polar surface area (TPSA) is 81.2 Å². The monoisotopic (exact) mass is 371 g/mol. The Bertz CT molecular complexity index is 385. The first-order valence-corrected chi connectivity index (χ1v) is 10.0. The molecule has 1 unspecified atom stereocenters. The van der Waals surface area contributed by atoms with Crippen LogP contribution in [0.1, 0.15) is 51.9 Å². The minimum Gasteiger partial charge on any atom is -0.466 e. The largest absolute Gasteiger partial charge is 0.466 e. The van der Waals surface area contributed by atoms with Crippen LogP contribution in [0.2, 0.25) is 0 Å². The predicted octanol–water partition coefficient (Wildman–Crippen LogP) is 2.11. The number of carbonyl (C=O) groups is 1. The second kappa shape index (κ2) is 15.9. The zero-order valence-corrected chi connectivity index (χ0v) is 16.6. The van der Waals surface area contributed by atoms with Crippen LogP contribution >= 0.6 is 0 Å². The van der Waals surface area contributed by atoms with E-state index in [2.05, 4.69) is 15.6 Å². The molecule has 0 aromatic heterocycles. The fourth-order valence-electron chi connectivity index (χ4n) is 2.75. The summed E-state index contributed by atoms with van der Waals surface area (Å²) in [6.45, 7) is 7.34. The highest BCUT2D eigenvalue weighted by Crippen LogP contribution is 2.12. The second-order valence-electron chi connectivity index (χ2n) is 6.55. The molecule has 0 aliphatic carbocycles. The Morgan fingerprint density at radius 2 is 1.92 bits per heavy atom. The molecule has 152 valence electrons. The summed E-state index contributed by atoms with van der Waals surface area (Å²) in [6.07, 6.45) is 6.73. The number of hydrogen-bond acceptors (Lipinski definition) is 5. The van der Waals surface area contributed by atoms with E-state index < -0.39 is 0 Å². The summed E-state index contributed by atoms with van der Waals surface area (Å²) in [6, 6.07) is 0. The van der Waals surface area contributed by atoms with Crippen LogP contribution in [0.4, 0.5) is 0 Å². The number of carbonyl (C=O) groups excluding carboxylic acids is 1. The van der Waals surface area contributed by atoms with E-state index in [9.17, 15) is 4.79 Å². The maximum atomic E-state index is 11.2. The number of esters is 1. The van der Waals surface area contributed by atoms with Crippen molar-refractivity contribution in [3.05, 3.63) is 0 Å². The van der Waals surface area contributed by atoms with E-state index in [-0.39, 0.29) is 5.97 Å². The molecule has 26 heavy (non-hydrogen) atoms. The van der Waals surface area contributed by atoms with Gasteiger partial charge >= 0.3 is 5.97 Å². The van der Waals surface area contributed by atoms with Gasteiger partial charge in [0.25, 0.3) is 0 Å². The molecule has 0 aromatic carbocycles. The lowest BCUT2D eigenvalue weighted by Crippen LogP contribution is -2.38. The van der Waals surface area contributed by atoms with E-state index in [1.54, 1.807) is 7.05 Å². The van der Waals surface area contributed by atoms with Gasteiger partial charge in [-0.25, -0.2) is 0 Å². The summed E-state index contributed by atoms with van der Waals surface area (Å²) in [5, 5.41) is 6.62. The first-order valence-electron chi connectivity index (χ1n) is 10.0. The number of aliphatic imine (C=N–C) groups is 1. The highest BCUT2D eigenvalue weighted by Gasteiger charge is 2.15. The first-order chi connectivity index (χ1) is 12.8. The van der Waals surface area contributed by atoms with Gasteiger partial charge < -0.3 is 24.8 Å². The summed E-state index contributed by atoms with van der Waals surface area (Å²) in [5.74, 6) is 1.33. The van der Waals surface area contributed by atoms with Crippen LogP contribution in [0.3, 0.4) is 0 Å². The predicted molar refractivity (Wildman–Crippen MR) is 103 cm³/mol. The fraction of sp³-hybridized carbons (Fsp3) is 0.895. The molecular formula is C19H37N3O4. The lowest BCUT2D eigenvalue weighted by molar-refractivity contribution is -0.143. The van der Waals surface area contributed by atoms with E-state index >= 15 is 0 Å². The van der Waals surface area contributed by atoms with Gasteiger partial charge in [-0.3, -0.25) is 9.79 Å². The second-order valence-corrected chi connectivity index (χ2v) is 6.55. The molecule has 1 aliphatic rings. The van der Waals surface area contributed by atoms with E-state index in [0.29, 0.717) is 18.9 Å². The molecule has 0 aromatic rings. The molecule has 1 saturated heterocycles. The van der Waals surface area contributed by atoms with Crippen LogP contribution in [0.5, 0.6) is 0 Å². The van der Waals surface area contributed by atoms with Crippen molar-refractivity contribution < 1.29 is 19.0 Å². The van der Waals surface area contributed by atoms with E-state index in [1.807, 2.05) is 6.92 Å². The van der Waals surface area contributed by atoms with Crippen LogP contribution in [0.15, 0.2) is 4.99 Å². The molecule has 1 heterocycles. The van der Waals surface area contributed by atoms with Crippen LogP contribution in [0, 0.1) is 5.92 Å². The number of hydrogen-bond donors (Lipinski definition) is 2. The van der Waals surface area contributed by atoms with Crippen molar-refractivity contribution in [3.63, 3.8) is 0 Å². The molecule has 2 N–H and O–H groups in total. The van der Waals surface area contributed by atoms with Crippen molar-refractivity contribution >= 4 is 11.9 Å². The summed E-state index contributed by atoms with van der Waals surface area (Å²) >= 11 is 0. The van der Waals surface area contributed by atoms with Gasteiger partial charge in [0.1, 0.15) is 0 Å². The van der Waals surface area contributed by atoms with E-state index in [4.69, 9.17) is 14.2 Å². The Hall–Kier alpha value is -1.34. The normalized spacial score (nSPS) is 17.3.